The predicted molar refractivity (Wildman–Crippen MR) is 55.4 cm³/mol. The zero-order valence-electron chi connectivity index (χ0n) is 7.89. The van der Waals surface area contributed by atoms with Crippen LogP contribution in [-0.4, -0.2) is 26.2 Å². The number of aromatic nitrogens is 2. The molecule has 6 heteroatoms. The van der Waals surface area contributed by atoms with Gasteiger partial charge >= 0.3 is 5.97 Å². The standard InChI is InChI=1S/C9H8N2O3S/c1-2-5-11-4-3-10-6(9(13)14)7(12)8(4)15-5/h3,12H,2H2,1H3,(H,13,14). The molecule has 0 aliphatic carbocycles. The van der Waals surface area contributed by atoms with E-state index < -0.39 is 5.97 Å². The van der Waals surface area contributed by atoms with Crippen molar-refractivity contribution in [2.75, 3.05) is 0 Å². The Morgan fingerprint density at radius 2 is 2.33 bits per heavy atom. The molecular formula is C9H8N2O3S. The van der Waals surface area contributed by atoms with Gasteiger partial charge < -0.3 is 10.2 Å². The first-order valence-electron chi connectivity index (χ1n) is 4.34. The van der Waals surface area contributed by atoms with Crippen molar-refractivity contribution < 1.29 is 15.0 Å². The Labute approximate surface area is 89.0 Å². The summed E-state index contributed by atoms with van der Waals surface area (Å²) in [7, 11) is 0. The average Bonchev–Trinajstić information content (AvgIpc) is 2.61. The molecule has 0 saturated heterocycles. The zero-order valence-corrected chi connectivity index (χ0v) is 8.71. The lowest BCUT2D eigenvalue weighted by Crippen LogP contribution is -1.99. The van der Waals surface area contributed by atoms with E-state index in [2.05, 4.69) is 9.97 Å². The number of fused-ring (bicyclic) bond motifs is 1. The molecule has 0 spiro atoms. The molecule has 2 aromatic rings. The normalized spacial score (nSPS) is 10.7. The van der Waals surface area contributed by atoms with Crippen LogP contribution in [0.1, 0.15) is 22.4 Å². The molecule has 2 N–H and O–H groups in total. The Balaban J connectivity index is 2.72. The minimum atomic E-state index is -1.24. The van der Waals surface area contributed by atoms with Gasteiger partial charge in [-0.05, 0) is 6.42 Å². The Hall–Kier alpha value is -1.69. The van der Waals surface area contributed by atoms with E-state index >= 15 is 0 Å². The molecule has 5 nitrogen and oxygen atoms in total. The van der Waals surface area contributed by atoms with Crippen molar-refractivity contribution in [3.63, 3.8) is 0 Å². The van der Waals surface area contributed by atoms with E-state index in [4.69, 9.17) is 5.11 Å². The number of carboxylic acids is 1. The Morgan fingerprint density at radius 3 is 2.93 bits per heavy atom. The Bertz CT molecular complexity index is 535. The van der Waals surface area contributed by atoms with E-state index in [1.54, 1.807) is 0 Å². The summed E-state index contributed by atoms with van der Waals surface area (Å²) in [5.41, 5.74) is 0.216. The molecule has 0 saturated carbocycles. The van der Waals surface area contributed by atoms with E-state index in [1.807, 2.05) is 6.92 Å². The second-order valence-corrected chi connectivity index (χ2v) is 4.02. The topological polar surface area (TPSA) is 83.3 Å². The van der Waals surface area contributed by atoms with Crippen molar-refractivity contribution in [2.24, 2.45) is 0 Å². The van der Waals surface area contributed by atoms with Crippen LogP contribution in [0.4, 0.5) is 0 Å². The molecule has 0 atom stereocenters. The van der Waals surface area contributed by atoms with Crippen molar-refractivity contribution in [2.45, 2.75) is 13.3 Å². The van der Waals surface area contributed by atoms with Crippen molar-refractivity contribution in [3.8, 4) is 5.75 Å². The second-order valence-electron chi connectivity index (χ2n) is 2.94. The number of nitrogens with zero attached hydrogens (tertiary/aromatic N) is 2. The summed E-state index contributed by atoms with van der Waals surface area (Å²) in [4.78, 5) is 18.5. The van der Waals surface area contributed by atoms with Crippen LogP contribution in [0.25, 0.3) is 10.2 Å². The molecule has 0 bridgehead atoms. The van der Waals surface area contributed by atoms with Crippen molar-refractivity contribution >= 4 is 27.5 Å². The van der Waals surface area contributed by atoms with Crippen molar-refractivity contribution in [1.29, 1.82) is 0 Å². The van der Waals surface area contributed by atoms with E-state index in [0.717, 1.165) is 11.4 Å². The second kappa shape index (κ2) is 3.47. The zero-order chi connectivity index (χ0) is 11.0. The van der Waals surface area contributed by atoms with Gasteiger partial charge in [0.1, 0.15) is 10.2 Å². The highest BCUT2D eigenvalue weighted by molar-refractivity contribution is 7.19. The molecule has 0 aliphatic heterocycles. The number of hydrogen-bond donors (Lipinski definition) is 2. The highest BCUT2D eigenvalue weighted by Gasteiger charge is 2.16. The third-order valence-corrected chi connectivity index (χ3v) is 3.18. The summed E-state index contributed by atoms with van der Waals surface area (Å²) in [6.07, 6.45) is 2.12. The lowest BCUT2D eigenvalue weighted by molar-refractivity contribution is 0.0687. The van der Waals surface area contributed by atoms with Gasteiger partial charge in [-0.15, -0.1) is 11.3 Å². The average molecular weight is 224 g/mol. The molecule has 2 aromatic heterocycles. The third-order valence-electron chi connectivity index (χ3n) is 1.96. The Kier molecular flexibility index (Phi) is 2.28. The van der Waals surface area contributed by atoms with Gasteiger partial charge in [-0.2, -0.15) is 0 Å². The third kappa shape index (κ3) is 1.52. The number of pyridine rings is 1. The molecule has 0 fully saturated rings. The molecule has 0 radical (unpaired) electrons. The number of thiazole rings is 1. The molecule has 2 heterocycles. The molecule has 15 heavy (non-hydrogen) atoms. The summed E-state index contributed by atoms with van der Waals surface area (Å²) >= 11 is 1.29. The summed E-state index contributed by atoms with van der Waals surface area (Å²) in [6, 6.07) is 0. The first-order valence-corrected chi connectivity index (χ1v) is 5.15. The molecule has 0 aliphatic rings. The molecular weight excluding hydrogens is 216 g/mol. The summed E-state index contributed by atoms with van der Waals surface area (Å²) in [5, 5.41) is 19.3. The SMILES string of the molecule is CCc1nc2cnc(C(=O)O)c(O)c2s1. The van der Waals surface area contributed by atoms with Crippen LogP contribution in [-0.2, 0) is 6.42 Å². The monoisotopic (exact) mass is 224 g/mol. The lowest BCUT2D eigenvalue weighted by atomic mass is 10.3. The first kappa shape index (κ1) is 9.85. The maximum Gasteiger partial charge on any atom is 0.358 e. The van der Waals surface area contributed by atoms with E-state index in [-0.39, 0.29) is 11.4 Å². The summed E-state index contributed by atoms with van der Waals surface area (Å²) in [6.45, 7) is 1.94. The summed E-state index contributed by atoms with van der Waals surface area (Å²) in [5.74, 6) is -1.53. The van der Waals surface area contributed by atoms with Crippen LogP contribution in [0.2, 0.25) is 0 Å². The largest absolute Gasteiger partial charge is 0.504 e. The van der Waals surface area contributed by atoms with Gasteiger partial charge in [-0.25, -0.2) is 14.8 Å². The van der Waals surface area contributed by atoms with Gasteiger partial charge in [-0.1, -0.05) is 6.92 Å². The Morgan fingerprint density at radius 1 is 1.60 bits per heavy atom. The van der Waals surface area contributed by atoms with E-state index in [1.165, 1.54) is 17.5 Å². The molecule has 0 aromatic carbocycles. The van der Waals surface area contributed by atoms with E-state index in [0.29, 0.717) is 10.2 Å². The van der Waals surface area contributed by atoms with Gasteiger partial charge in [0.2, 0.25) is 0 Å². The van der Waals surface area contributed by atoms with Crippen LogP contribution in [0.5, 0.6) is 5.75 Å². The maximum atomic E-state index is 10.7. The first-order chi connectivity index (χ1) is 7.13. The number of aryl methyl sites for hydroxylation is 1. The molecule has 0 amide bonds. The number of aromatic hydroxyl groups is 1. The van der Waals surface area contributed by atoms with Crippen LogP contribution >= 0.6 is 11.3 Å². The highest BCUT2D eigenvalue weighted by atomic mass is 32.1. The van der Waals surface area contributed by atoms with Gasteiger partial charge in [0.25, 0.3) is 0 Å². The maximum absolute atomic E-state index is 10.7. The molecule has 0 unspecified atom stereocenters. The number of aromatic carboxylic acids is 1. The quantitative estimate of drug-likeness (QED) is 0.810. The summed E-state index contributed by atoms with van der Waals surface area (Å²) < 4.78 is 0.485. The van der Waals surface area contributed by atoms with Gasteiger partial charge in [0.05, 0.1) is 11.2 Å². The fourth-order valence-corrected chi connectivity index (χ4v) is 2.16. The number of hydrogen-bond acceptors (Lipinski definition) is 5. The van der Waals surface area contributed by atoms with Gasteiger partial charge in [-0.3, -0.25) is 0 Å². The fourth-order valence-electron chi connectivity index (χ4n) is 1.24. The van der Waals surface area contributed by atoms with Gasteiger partial charge in [0, 0.05) is 0 Å². The smallest absolute Gasteiger partial charge is 0.358 e. The van der Waals surface area contributed by atoms with Crippen LogP contribution < -0.4 is 0 Å². The van der Waals surface area contributed by atoms with Crippen LogP contribution in [0, 0.1) is 0 Å². The van der Waals surface area contributed by atoms with Crippen molar-refractivity contribution in [1.82, 2.24) is 9.97 Å². The molecule has 78 valence electrons. The van der Waals surface area contributed by atoms with Crippen LogP contribution in [0.15, 0.2) is 6.20 Å². The predicted octanol–water partition coefficient (Wildman–Crippen LogP) is 1.66. The van der Waals surface area contributed by atoms with E-state index in [9.17, 15) is 9.90 Å². The molecule has 2 rings (SSSR count). The minimum absolute atomic E-state index is 0.294. The van der Waals surface area contributed by atoms with Crippen LogP contribution in [0.3, 0.4) is 0 Å². The fraction of sp³-hybridized carbons (Fsp3) is 0.222. The number of carboxylic acid groups (broad SMARTS) is 1. The number of carbonyl (C=O) groups is 1. The lowest BCUT2D eigenvalue weighted by Gasteiger charge is -1.97. The van der Waals surface area contributed by atoms with Crippen molar-refractivity contribution in [3.05, 3.63) is 16.9 Å². The van der Waals surface area contributed by atoms with Gasteiger partial charge in [0.15, 0.2) is 11.4 Å². The number of rotatable bonds is 2. The highest BCUT2D eigenvalue weighted by Crippen LogP contribution is 2.32. The minimum Gasteiger partial charge on any atom is -0.504 e.